The molecule has 1 heterocycles. The van der Waals surface area contributed by atoms with Gasteiger partial charge in [-0.3, -0.25) is 4.68 Å². The van der Waals surface area contributed by atoms with Crippen molar-refractivity contribution in [2.24, 2.45) is 0 Å². The van der Waals surface area contributed by atoms with Gasteiger partial charge in [0, 0.05) is 34.9 Å². The van der Waals surface area contributed by atoms with E-state index in [1.54, 1.807) is 10.7 Å². The maximum atomic E-state index is 10.2. The molecule has 6 heteroatoms. The highest BCUT2D eigenvalue weighted by Gasteiger charge is 2.13. The largest absolute Gasteiger partial charge is 0.394 e. The number of aromatic nitrogens is 2. The molecule has 0 bridgehead atoms. The van der Waals surface area contributed by atoms with Gasteiger partial charge in [0.05, 0.1) is 24.9 Å². The van der Waals surface area contributed by atoms with Gasteiger partial charge in [-0.15, -0.1) is 0 Å². The maximum Gasteiger partial charge on any atom is 0.0928 e. The number of aliphatic hydroxyl groups excluding tert-OH is 2. The summed E-state index contributed by atoms with van der Waals surface area (Å²) in [6.07, 6.45) is -0.651. The van der Waals surface area contributed by atoms with Gasteiger partial charge in [0.25, 0.3) is 0 Å². The molecule has 2 rings (SSSR count). The van der Waals surface area contributed by atoms with Gasteiger partial charge in [-0.25, -0.2) is 0 Å². The molecule has 1 aromatic carbocycles. The number of aryl methyl sites for hydroxylation is 1. The van der Waals surface area contributed by atoms with Crippen molar-refractivity contribution in [2.75, 3.05) is 13.2 Å². The first kappa shape index (κ1) is 17.0. The summed E-state index contributed by atoms with van der Waals surface area (Å²) in [7, 11) is 0. The zero-order valence-corrected chi connectivity index (χ0v) is 13.6. The van der Waals surface area contributed by atoms with Gasteiger partial charge >= 0.3 is 0 Å². The Morgan fingerprint density at radius 3 is 2.73 bits per heavy atom. The lowest BCUT2D eigenvalue weighted by Gasteiger charge is -2.14. The van der Waals surface area contributed by atoms with Gasteiger partial charge in [0.1, 0.15) is 0 Å². The minimum absolute atomic E-state index is 0.0695. The highest BCUT2D eigenvalue weighted by molar-refractivity contribution is 6.31. The standard InChI is InChI=1S/C16H22ClN3O2/c1-11-14(12(2)20(19-11)7-8-21)9-18-10-16(22)13-5-3-4-6-15(13)17/h3-6,16,18,21-22H,7-10H2,1-2H3. The number of aliphatic hydroxyl groups is 2. The fraction of sp³-hybridized carbons (Fsp3) is 0.438. The molecule has 1 aromatic heterocycles. The van der Waals surface area contributed by atoms with Crippen molar-refractivity contribution in [2.45, 2.75) is 33.0 Å². The Morgan fingerprint density at radius 2 is 2.05 bits per heavy atom. The third-order valence-corrected chi connectivity index (χ3v) is 4.09. The summed E-state index contributed by atoms with van der Waals surface area (Å²) in [5.41, 5.74) is 3.79. The number of hydrogen-bond acceptors (Lipinski definition) is 4. The zero-order chi connectivity index (χ0) is 16.1. The first-order chi connectivity index (χ1) is 10.5. The lowest BCUT2D eigenvalue weighted by molar-refractivity contribution is 0.174. The summed E-state index contributed by atoms with van der Waals surface area (Å²) in [6.45, 7) is 5.52. The van der Waals surface area contributed by atoms with E-state index in [1.807, 2.05) is 32.0 Å². The number of nitrogens with one attached hydrogen (secondary N) is 1. The first-order valence-corrected chi connectivity index (χ1v) is 7.69. The monoisotopic (exact) mass is 323 g/mol. The molecule has 0 saturated carbocycles. The van der Waals surface area contributed by atoms with Crippen LogP contribution in [-0.4, -0.2) is 33.1 Å². The van der Waals surface area contributed by atoms with Crippen molar-refractivity contribution in [1.82, 2.24) is 15.1 Å². The van der Waals surface area contributed by atoms with E-state index in [4.69, 9.17) is 16.7 Å². The molecule has 0 amide bonds. The second kappa shape index (κ2) is 7.74. The van der Waals surface area contributed by atoms with E-state index in [0.717, 1.165) is 22.5 Å². The highest BCUT2D eigenvalue weighted by Crippen LogP contribution is 2.22. The van der Waals surface area contributed by atoms with Crippen molar-refractivity contribution in [3.8, 4) is 0 Å². The number of nitrogens with zero attached hydrogens (tertiary/aromatic N) is 2. The molecule has 0 aliphatic rings. The van der Waals surface area contributed by atoms with Gasteiger partial charge in [0.15, 0.2) is 0 Å². The molecular formula is C16H22ClN3O2. The molecule has 22 heavy (non-hydrogen) atoms. The van der Waals surface area contributed by atoms with Crippen LogP contribution in [0.5, 0.6) is 0 Å². The van der Waals surface area contributed by atoms with Gasteiger partial charge in [-0.2, -0.15) is 5.10 Å². The van der Waals surface area contributed by atoms with E-state index in [2.05, 4.69) is 10.4 Å². The van der Waals surface area contributed by atoms with Crippen LogP contribution in [0.15, 0.2) is 24.3 Å². The van der Waals surface area contributed by atoms with Crippen LogP contribution in [-0.2, 0) is 13.1 Å². The summed E-state index contributed by atoms with van der Waals surface area (Å²) < 4.78 is 1.80. The van der Waals surface area contributed by atoms with E-state index in [0.29, 0.717) is 24.7 Å². The molecule has 0 aliphatic heterocycles. The summed E-state index contributed by atoms with van der Waals surface area (Å²) >= 11 is 6.08. The summed E-state index contributed by atoms with van der Waals surface area (Å²) in [5.74, 6) is 0. The van der Waals surface area contributed by atoms with Gasteiger partial charge in [0.2, 0.25) is 0 Å². The molecule has 5 nitrogen and oxygen atoms in total. The Labute approximate surface area is 135 Å². The lowest BCUT2D eigenvalue weighted by Crippen LogP contribution is -2.22. The van der Waals surface area contributed by atoms with Crippen LogP contribution in [0.4, 0.5) is 0 Å². The smallest absolute Gasteiger partial charge is 0.0928 e. The Balaban J connectivity index is 1.95. The molecule has 1 unspecified atom stereocenters. The predicted molar refractivity (Wildman–Crippen MR) is 86.9 cm³/mol. The van der Waals surface area contributed by atoms with E-state index in [9.17, 15) is 5.11 Å². The molecule has 0 fully saturated rings. The SMILES string of the molecule is Cc1nn(CCO)c(C)c1CNCC(O)c1ccccc1Cl. The Morgan fingerprint density at radius 1 is 1.32 bits per heavy atom. The lowest BCUT2D eigenvalue weighted by atomic mass is 10.1. The summed E-state index contributed by atoms with van der Waals surface area (Å²) in [4.78, 5) is 0. The van der Waals surface area contributed by atoms with Crippen LogP contribution in [0.3, 0.4) is 0 Å². The fourth-order valence-electron chi connectivity index (χ4n) is 2.49. The van der Waals surface area contributed by atoms with Crippen LogP contribution in [0.1, 0.15) is 28.6 Å². The third kappa shape index (κ3) is 3.87. The van der Waals surface area contributed by atoms with Crippen molar-refractivity contribution in [1.29, 1.82) is 0 Å². The second-order valence-corrected chi connectivity index (χ2v) is 5.67. The van der Waals surface area contributed by atoms with Crippen LogP contribution >= 0.6 is 11.6 Å². The minimum Gasteiger partial charge on any atom is -0.394 e. The van der Waals surface area contributed by atoms with E-state index < -0.39 is 6.10 Å². The predicted octanol–water partition coefficient (Wildman–Crippen LogP) is 1.97. The van der Waals surface area contributed by atoms with Crippen LogP contribution in [0.25, 0.3) is 0 Å². The van der Waals surface area contributed by atoms with E-state index in [1.165, 1.54) is 0 Å². The van der Waals surface area contributed by atoms with Crippen molar-refractivity contribution >= 4 is 11.6 Å². The van der Waals surface area contributed by atoms with Crippen LogP contribution in [0.2, 0.25) is 5.02 Å². The van der Waals surface area contributed by atoms with Crippen molar-refractivity contribution in [3.05, 3.63) is 51.8 Å². The number of hydrogen-bond donors (Lipinski definition) is 3. The van der Waals surface area contributed by atoms with Crippen molar-refractivity contribution in [3.63, 3.8) is 0 Å². The topological polar surface area (TPSA) is 70.3 Å². The molecule has 0 aliphatic carbocycles. The third-order valence-electron chi connectivity index (χ3n) is 3.75. The molecule has 2 aromatic rings. The average molecular weight is 324 g/mol. The fourth-order valence-corrected chi connectivity index (χ4v) is 2.75. The quantitative estimate of drug-likeness (QED) is 0.728. The normalized spacial score (nSPS) is 12.6. The molecule has 0 spiro atoms. The zero-order valence-electron chi connectivity index (χ0n) is 12.9. The van der Waals surface area contributed by atoms with Gasteiger partial charge in [-0.1, -0.05) is 29.8 Å². The highest BCUT2D eigenvalue weighted by atomic mass is 35.5. The van der Waals surface area contributed by atoms with E-state index >= 15 is 0 Å². The number of halogens is 1. The van der Waals surface area contributed by atoms with Crippen LogP contribution < -0.4 is 5.32 Å². The summed E-state index contributed by atoms with van der Waals surface area (Å²) in [6, 6.07) is 7.30. The number of benzene rings is 1. The maximum absolute atomic E-state index is 10.2. The average Bonchev–Trinajstić information content (AvgIpc) is 2.75. The molecule has 0 saturated heterocycles. The molecule has 120 valence electrons. The number of rotatable bonds is 7. The Kier molecular flexibility index (Phi) is 5.97. The molecule has 0 radical (unpaired) electrons. The van der Waals surface area contributed by atoms with Crippen molar-refractivity contribution < 1.29 is 10.2 Å². The molecule has 3 N–H and O–H groups in total. The van der Waals surface area contributed by atoms with E-state index in [-0.39, 0.29) is 6.61 Å². The van der Waals surface area contributed by atoms with Gasteiger partial charge in [-0.05, 0) is 19.9 Å². The summed E-state index contributed by atoms with van der Waals surface area (Å²) in [5, 5.41) is 27.4. The van der Waals surface area contributed by atoms with Crippen LogP contribution in [0, 0.1) is 13.8 Å². The molecule has 1 atom stereocenters. The minimum atomic E-state index is -0.651. The Hall–Kier alpha value is -1.40. The second-order valence-electron chi connectivity index (χ2n) is 5.26. The Bertz CT molecular complexity index is 628. The van der Waals surface area contributed by atoms with Gasteiger partial charge < -0.3 is 15.5 Å². The molecular weight excluding hydrogens is 302 g/mol. The first-order valence-electron chi connectivity index (χ1n) is 7.31.